The molecule has 1 fully saturated rings. The molecular formula is C13H28N2O. The van der Waals surface area contributed by atoms with Crippen LogP contribution in [0.25, 0.3) is 0 Å². The van der Waals surface area contributed by atoms with Gasteiger partial charge in [0.2, 0.25) is 0 Å². The largest absolute Gasteiger partial charge is 0.378 e. The van der Waals surface area contributed by atoms with E-state index in [0.717, 1.165) is 32.8 Å². The molecule has 1 aliphatic rings. The highest BCUT2D eigenvalue weighted by Gasteiger charge is 2.20. The molecule has 2 unspecified atom stereocenters. The lowest BCUT2D eigenvalue weighted by Gasteiger charge is -2.35. The molecule has 1 rings (SSSR count). The Bertz CT molecular complexity index is 175. The summed E-state index contributed by atoms with van der Waals surface area (Å²) in [7, 11) is 0. The van der Waals surface area contributed by atoms with Crippen molar-refractivity contribution in [3.05, 3.63) is 0 Å². The molecule has 1 N–H and O–H groups in total. The van der Waals surface area contributed by atoms with Gasteiger partial charge in [0.05, 0.1) is 13.2 Å². The molecule has 96 valence electrons. The monoisotopic (exact) mass is 228 g/mol. The fourth-order valence-corrected chi connectivity index (χ4v) is 2.35. The summed E-state index contributed by atoms with van der Waals surface area (Å²) in [5.41, 5.74) is 0. The van der Waals surface area contributed by atoms with Crippen molar-refractivity contribution in [1.29, 1.82) is 0 Å². The number of hydrogen-bond acceptors (Lipinski definition) is 3. The number of hydrogen-bond donors (Lipinski definition) is 1. The van der Waals surface area contributed by atoms with Crippen molar-refractivity contribution in [2.75, 3.05) is 32.8 Å². The second-order valence-electron chi connectivity index (χ2n) is 4.82. The maximum atomic E-state index is 5.51. The molecule has 0 aromatic heterocycles. The van der Waals surface area contributed by atoms with Gasteiger partial charge in [0.15, 0.2) is 0 Å². The topological polar surface area (TPSA) is 24.5 Å². The van der Waals surface area contributed by atoms with Gasteiger partial charge in [-0.25, -0.2) is 0 Å². The second kappa shape index (κ2) is 8.04. The van der Waals surface area contributed by atoms with Crippen LogP contribution in [0.3, 0.4) is 0 Å². The van der Waals surface area contributed by atoms with Crippen molar-refractivity contribution in [3.8, 4) is 0 Å². The fourth-order valence-electron chi connectivity index (χ4n) is 2.35. The summed E-state index contributed by atoms with van der Waals surface area (Å²) < 4.78 is 5.51. The Labute approximate surface area is 101 Å². The van der Waals surface area contributed by atoms with Gasteiger partial charge in [0, 0.05) is 31.7 Å². The van der Waals surface area contributed by atoms with Gasteiger partial charge in [0.1, 0.15) is 0 Å². The number of nitrogens with one attached hydrogen (secondary N) is 1. The summed E-state index contributed by atoms with van der Waals surface area (Å²) in [6, 6.07) is 1.29. The minimum Gasteiger partial charge on any atom is -0.378 e. The van der Waals surface area contributed by atoms with Crippen LogP contribution in [-0.2, 0) is 4.74 Å². The molecule has 0 aliphatic carbocycles. The van der Waals surface area contributed by atoms with Gasteiger partial charge in [-0.15, -0.1) is 0 Å². The lowest BCUT2D eigenvalue weighted by Crippen LogP contribution is -2.48. The summed E-state index contributed by atoms with van der Waals surface area (Å²) in [6.07, 6.45) is 3.74. The van der Waals surface area contributed by atoms with Gasteiger partial charge >= 0.3 is 0 Å². The number of nitrogens with zero attached hydrogens (tertiary/aromatic N) is 1. The normalized spacial score (nSPS) is 24.6. The molecule has 1 saturated heterocycles. The lowest BCUT2D eigenvalue weighted by molar-refractivity contribution is -0.00806. The molecule has 0 saturated carbocycles. The van der Waals surface area contributed by atoms with Crippen LogP contribution in [0, 0.1) is 0 Å². The van der Waals surface area contributed by atoms with Crippen molar-refractivity contribution in [2.45, 2.75) is 52.1 Å². The van der Waals surface area contributed by atoms with Crippen LogP contribution >= 0.6 is 0 Å². The molecule has 0 aromatic carbocycles. The smallest absolute Gasteiger partial charge is 0.0622 e. The highest BCUT2D eigenvalue weighted by Crippen LogP contribution is 2.09. The highest BCUT2D eigenvalue weighted by molar-refractivity contribution is 4.75. The minimum absolute atomic E-state index is 0.636. The highest BCUT2D eigenvalue weighted by atomic mass is 16.5. The Kier molecular flexibility index (Phi) is 7.01. The Hall–Kier alpha value is -0.120. The Morgan fingerprint density at radius 3 is 2.94 bits per heavy atom. The maximum absolute atomic E-state index is 5.51. The quantitative estimate of drug-likeness (QED) is 0.720. The third-order valence-electron chi connectivity index (χ3n) is 3.43. The van der Waals surface area contributed by atoms with E-state index in [1.807, 2.05) is 0 Å². The first-order valence-corrected chi connectivity index (χ1v) is 6.83. The summed E-state index contributed by atoms with van der Waals surface area (Å²) in [5.74, 6) is 0. The maximum Gasteiger partial charge on any atom is 0.0622 e. The zero-order valence-corrected chi connectivity index (χ0v) is 11.2. The molecule has 16 heavy (non-hydrogen) atoms. The SMILES string of the molecule is CCCC(C)NCCN1CCOCC1CC. The molecule has 1 aliphatic heterocycles. The van der Waals surface area contributed by atoms with Crippen LogP contribution in [0.1, 0.15) is 40.0 Å². The average Bonchev–Trinajstić information content (AvgIpc) is 2.30. The zero-order valence-electron chi connectivity index (χ0n) is 11.2. The average molecular weight is 228 g/mol. The standard InChI is InChI=1S/C13H28N2O/c1-4-6-12(3)14-7-8-15-9-10-16-11-13(15)5-2/h12-14H,4-11H2,1-3H3. The van der Waals surface area contributed by atoms with Crippen LogP contribution in [0.5, 0.6) is 0 Å². The van der Waals surface area contributed by atoms with Crippen molar-refractivity contribution < 1.29 is 4.74 Å². The van der Waals surface area contributed by atoms with E-state index in [9.17, 15) is 0 Å². The van der Waals surface area contributed by atoms with E-state index in [2.05, 4.69) is 31.0 Å². The van der Waals surface area contributed by atoms with Gasteiger partial charge in [-0.1, -0.05) is 20.3 Å². The molecule has 3 nitrogen and oxygen atoms in total. The van der Waals surface area contributed by atoms with Gasteiger partial charge in [-0.2, -0.15) is 0 Å². The fraction of sp³-hybridized carbons (Fsp3) is 1.00. The van der Waals surface area contributed by atoms with Crippen molar-refractivity contribution in [2.24, 2.45) is 0 Å². The van der Waals surface area contributed by atoms with E-state index in [0.29, 0.717) is 12.1 Å². The molecule has 0 spiro atoms. The number of morpholine rings is 1. The summed E-state index contributed by atoms with van der Waals surface area (Å²) in [5, 5.41) is 3.59. The predicted molar refractivity (Wildman–Crippen MR) is 68.8 cm³/mol. The van der Waals surface area contributed by atoms with Gasteiger partial charge < -0.3 is 10.1 Å². The molecule has 0 radical (unpaired) electrons. The molecule has 0 amide bonds. The van der Waals surface area contributed by atoms with Crippen LogP contribution in [0.4, 0.5) is 0 Å². The zero-order chi connectivity index (χ0) is 11.8. The summed E-state index contributed by atoms with van der Waals surface area (Å²) in [4.78, 5) is 2.56. The van der Waals surface area contributed by atoms with Crippen LogP contribution < -0.4 is 5.32 Å². The summed E-state index contributed by atoms with van der Waals surface area (Å²) >= 11 is 0. The molecule has 3 heteroatoms. The van der Waals surface area contributed by atoms with E-state index in [1.54, 1.807) is 0 Å². The first kappa shape index (κ1) is 13.9. The van der Waals surface area contributed by atoms with Crippen molar-refractivity contribution in [1.82, 2.24) is 10.2 Å². The first-order chi connectivity index (χ1) is 7.77. The predicted octanol–water partition coefficient (Wildman–Crippen LogP) is 1.88. The van der Waals surface area contributed by atoms with E-state index < -0.39 is 0 Å². The van der Waals surface area contributed by atoms with E-state index in [4.69, 9.17) is 4.74 Å². The van der Waals surface area contributed by atoms with Gasteiger partial charge in [0.25, 0.3) is 0 Å². The number of rotatable bonds is 7. The van der Waals surface area contributed by atoms with Gasteiger partial charge in [-0.3, -0.25) is 4.90 Å². The first-order valence-electron chi connectivity index (χ1n) is 6.83. The second-order valence-corrected chi connectivity index (χ2v) is 4.82. The van der Waals surface area contributed by atoms with Crippen LogP contribution in [0.2, 0.25) is 0 Å². The Morgan fingerprint density at radius 2 is 2.25 bits per heavy atom. The Morgan fingerprint density at radius 1 is 1.44 bits per heavy atom. The minimum atomic E-state index is 0.636. The van der Waals surface area contributed by atoms with Crippen molar-refractivity contribution >= 4 is 0 Å². The molecule has 0 bridgehead atoms. The Balaban J connectivity index is 2.15. The lowest BCUT2D eigenvalue weighted by atomic mass is 10.1. The van der Waals surface area contributed by atoms with Crippen LogP contribution in [-0.4, -0.2) is 49.8 Å². The third kappa shape index (κ3) is 4.81. The van der Waals surface area contributed by atoms with Crippen LogP contribution in [0.15, 0.2) is 0 Å². The number of ether oxygens (including phenoxy) is 1. The van der Waals surface area contributed by atoms with Crippen molar-refractivity contribution in [3.63, 3.8) is 0 Å². The molecule has 2 atom stereocenters. The van der Waals surface area contributed by atoms with Gasteiger partial charge in [-0.05, 0) is 19.8 Å². The van der Waals surface area contributed by atoms with E-state index in [-0.39, 0.29) is 0 Å². The molecule has 1 heterocycles. The molecular weight excluding hydrogens is 200 g/mol. The molecule has 0 aromatic rings. The third-order valence-corrected chi connectivity index (χ3v) is 3.43. The van der Waals surface area contributed by atoms with E-state index in [1.165, 1.54) is 19.3 Å². The van der Waals surface area contributed by atoms with E-state index >= 15 is 0 Å². The summed E-state index contributed by atoms with van der Waals surface area (Å²) in [6.45, 7) is 12.0.